The molecule has 0 bridgehead atoms. The molecule has 0 radical (unpaired) electrons. The summed E-state index contributed by atoms with van der Waals surface area (Å²) in [5, 5.41) is 3.44. The van der Waals surface area contributed by atoms with E-state index in [2.05, 4.69) is 62.4 Å². The lowest BCUT2D eigenvalue weighted by atomic mass is 9.82. The van der Waals surface area contributed by atoms with Crippen molar-refractivity contribution in [1.82, 2.24) is 20.2 Å². The van der Waals surface area contributed by atoms with Crippen molar-refractivity contribution in [2.75, 3.05) is 20.1 Å². The van der Waals surface area contributed by atoms with Crippen molar-refractivity contribution in [2.24, 2.45) is 10.9 Å². The SMILES string of the molecule is CN=C(NCc1ccnc(C)n1)N1CCC(c2ccccc2)C(C)C1.I. The first-order valence-electron chi connectivity index (χ1n) is 8.96. The summed E-state index contributed by atoms with van der Waals surface area (Å²) in [5.41, 5.74) is 2.44. The number of hydrogen-bond donors (Lipinski definition) is 1. The lowest BCUT2D eigenvalue weighted by molar-refractivity contribution is 0.234. The second-order valence-corrected chi connectivity index (χ2v) is 6.73. The van der Waals surface area contributed by atoms with E-state index in [4.69, 9.17) is 0 Å². The average molecular weight is 465 g/mol. The molecule has 2 aromatic rings. The number of guanidine groups is 1. The summed E-state index contributed by atoms with van der Waals surface area (Å²) in [4.78, 5) is 15.4. The van der Waals surface area contributed by atoms with Crippen LogP contribution >= 0.6 is 24.0 Å². The maximum atomic E-state index is 4.47. The summed E-state index contributed by atoms with van der Waals surface area (Å²) in [6.45, 7) is 6.96. The van der Waals surface area contributed by atoms with Crippen molar-refractivity contribution in [2.45, 2.75) is 32.7 Å². The van der Waals surface area contributed by atoms with Gasteiger partial charge in [-0.05, 0) is 36.8 Å². The largest absolute Gasteiger partial charge is 0.351 e. The molecule has 1 aromatic carbocycles. The average Bonchev–Trinajstić information content (AvgIpc) is 2.63. The van der Waals surface area contributed by atoms with Crippen molar-refractivity contribution < 1.29 is 0 Å². The Kier molecular flexibility index (Phi) is 7.81. The maximum absolute atomic E-state index is 4.47. The molecule has 2 heterocycles. The third-order valence-electron chi connectivity index (χ3n) is 4.91. The van der Waals surface area contributed by atoms with Crippen LogP contribution in [0.3, 0.4) is 0 Å². The zero-order valence-corrected chi connectivity index (χ0v) is 18.1. The van der Waals surface area contributed by atoms with Gasteiger partial charge in [-0.15, -0.1) is 24.0 Å². The molecule has 140 valence electrons. The molecule has 0 spiro atoms. The monoisotopic (exact) mass is 465 g/mol. The number of nitrogens with zero attached hydrogens (tertiary/aromatic N) is 4. The quantitative estimate of drug-likeness (QED) is 0.428. The van der Waals surface area contributed by atoms with Crippen LogP contribution in [0.1, 0.15) is 36.3 Å². The Balaban J connectivity index is 0.00000243. The molecule has 0 aliphatic carbocycles. The number of rotatable bonds is 3. The van der Waals surface area contributed by atoms with E-state index in [9.17, 15) is 0 Å². The number of benzene rings is 1. The number of hydrogen-bond acceptors (Lipinski definition) is 3. The van der Waals surface area contributed by atoms with Gasteiger partial charge >= 0.3 is 0 Å². The number of likely N-dealkylation sites (tertiary alicyclic amines) is 1. The fourth-order valence-electron chi connectivity index (χ4n) is 3.64. The topological polar surface area (TPSA) is 53.4 Å². The first-order chi connectivity index (χ1) is 12.2. The Morgan fingerprint density at radius 2 is 2.04 bits per heavy atom. The Morgan fingerprint density at radius 3 is 2.69 bits per heavy atom. The molecule has 1 aliphatic rings. The van der Waals surface area contributed by atoms with Crippen molar-refractivity contribution in [3.63, 3.8) is 0 Å². The Hall–Kier alpha value is -1.70. The predicted octanol–water partition coefficient (Wildman–Crippen LogP) is 3.60. The second kappa shape index (κ2) is 9.85. The fourth-order valence-corrected chi connectivity index (χ4v) is 3.64. The van der Waals surface area contributed by atoms with Crippen LogP contribution in [0.15, 0.2) is 47.6 Å². The van der Waals surface area contributed by atoms with E-state index in [1.54, 1.807) is 6.20 Å². The van der Waals surface area contributed by atoms with Crippen LogP contribution in [0.4, 0.5) is 0 Å². The maximum Gasteiger partial charge on any atom is 0.193 e. The Labute approximate surface area is 173 Å². The molecule has 1 aliphatic heterocycles. The van der Waals surface area contributed by atoms with Crippen molar-refractivity contribution in [3.8, 4) is 0 Å². The van der Waals surface area contributed by atoms with E-state index in [1.807, 2.05) is 20.0 Å². The summed E-state index contributed by atoms with van der Waals surface area (Å²) < 4.78 is 0. The first-order valence-corrected chi connectivity index (χ1v) is 8.96. The van der Waals surface area contributed by atoms with E-state index in [0.29, 0.717) is 18.4 Å². The van der Waals surface area contributed by atoms with Gasteiger partial charge in [-0.3, -0.25) is 4.99 Å². The lowest BCUT2D eigenvalue weighted by Crippen LogP contribution is -2.47. The van der Waals surface area contributed by atoms with Crippen molar-refractivity contribution in [3.05, 3.63) is 59.7 Å². The van der Waals surface area contributed by atoms with Gasteiger partial charge in [0, 0.05) is 26.3 Å². The molecule has 2 atom stereocenters. The zero-order valence-electron chi connectivity index (χ0n) is 15.7. The van der Waals surface area contributed by atoms with Crippen LogP contribution in [0.2, 0.25) is 0 Å². The molecule has 1 N–H and O–H groups in total. The molecular formula is C20H28IN5. The van der Waals surface area contributed by atoms with Crippen molar-refractivity contribution in [1.29, 1.82) is 0 Å². The number of nitrogens with one attached hydrogen (secondary N) is 1. The van der Waals surface area contributed by atoms with Crippen LogP contribution in [-0.2, 0) is 6.54 Å². The number of piperidine rings is 1. The standard InChI is InChI=1S/C20H27N5.HI/c1-15-14-25(12-10-19(15)17-7-5-4-6-8-17)20(21-3)23-13-18-9-11-22-16(2)24-18;/h4-9,11,15,19H,10,12-14H2,1-3H3,(H,21,23);1H. The third-order valence-corrected chi connectivity index (χ3v) is 4.91. The van der Waals surface area contributed by atoms with Gasteiger partial charge in [0.15, 0.2) is 5.96 Å². The van der Waals surface area contributed by atoms with E-state index in [0.717, 1.165) is 37.0 Å². The molecule has 2 unspecified atom stereocenters. The van der Waals surface area contributed by atoms with E-state index in [-0.39, 0.29) is 24.0 Å². The van der Waals surface area contributed by atoms with Crippen LogP contribution < -0.4 is 5.32 Å². The van der Waals surface area contributed by atoms with Crippen LogP contribution in [0, 0.1) is 12.8 Å². The predicted molar refractivity (Wildman–Crippen MR) is 117 cm³/mol. The molecule has 1 aromatic heterocycles. The first kappa shape index (κ1) is 20.6. The van der Waals surface area contributed by atoms with Crippen LogP contribution in [0.25, 0.3) is 0 Å². The highest BCUT2D eigenvalue weighted by Gasteiger charge is 2.28. The lowest BCUT2D eigenvalue weighted by Gasteiger charge is -2.38. The second-order valence-electron chi connectivity index (χ2n) is 6.73. The summed E-state index contributed by atoms with van der Waals surface area (Å²) >= 11 is 0. The molecule has 5 nitrogen and oxygen atoms in total. The minimum Gasteiger partial charge on any atom is -0.351 e. The van der Waals surface area contributed by atoms with Crippen LogP contribution in [0.5, 0.6) is 0 Å². The number of aromatic nitrogens is 2. The molecule has 3 rings (SSSR count). The van der Waals surface area contributed by atoms with Gasteiger partial charge in [-0.25, -0.2) is 9.97 Å². The van der Waals surface area contributed by atoms with E-state index >= 15 is 0 Å². The van der Waals surface area contributed by atoms with Gasteiger partial charge in [0.05, 0.1) is 12.2 Å². The zero-order chi connectivity index (χ0) is 17.6. The van der Waals surface area contributed by atoms with Crippen molar-refractivity contribution >= 4 is 29.9 Å². The minimum atomic E-state index is 0. The molecule has 1 fully saturated rings. The van der Waals surface area contributed by atoms with Gasteiger partial charge in [-0.1, -0.05) is 37.3 Å². The highest BCUT2D eigenvalue weighted by atomic mass is 127. The summed E-state index contributed by atoms with van der Waals surface area (Å²) in [6.07, 6.45) is 2.95. The van der Waals surface area contributed by atoms with Crippen LogP contribution in [-0.4, -0.2) is 41.0 Å². The summed E-state index contributed by atoms with van der Waals surface area (Å²) in [5.74, 6) is 2.97. The van der Waals surface area contributed by atoms with E-state index < -0.39 is 0 Å². The van der Waals surface area contributed by atoms with Gasteiger partial charge in [0.1, 0.15) is 5.82 Å². The Bertz CT molecular complexity index is 719. The highest BCUT2D eigenvalue weighted by molar-refractivity contribution is 14.0. The molecule has 0 saturated carbocycles. The van der Waals surface area contributed by atoms with Gasteiger partial charge in [0.2, 0.25) is 0 Å². The van der Waals surface area contributed by atoms with Gasteiger partial charge in [-0.2, -0.15) is 0 Å². The fraction of sp³-hybridized carbons (Fsp3) is 0.450. The summed E-state index contributed by atoms with van der Waals surface area (Å²) in [6, 6.07) is 12.8. The number of halogens is 1. The highest BCUT2D eigenvalue weighted by Crippen LogP contribution is 2.32. The van der Waals surface area contributed by atoms with Gasteiger partial charge in [0.25, 0.3) is 0 Å². The smallest absolute Gasteiger partial charge is 0.193 e. The number of aryl methyl sites for hydroxylation is 1. The molecule has 1 saturated heterocycles. The minimum absolute atomic E-state index is 0. The van der Waals surface area contributed by atoms with E-state index in [1.165, 1.54) is 5.56 Å². The molecular weight excluding hydrogens is 437 g/mol. The molecule has 0 amide bonds. The summed E-state index contributed by atoms with van der Waals surface area (Å²) in [7, 11) is 1.85. The van der Waals surface area contributed by atoms with Gasteiger partial charge < -0.3 is 10.2 Å². The molecule has 26 heavy (non-hydrogen) atoms. The number of aliphatic imine (C=N–C) groups is 1. The third kappa shape index (κ3) is 5.16. The molecule has 6 heteroatoms. The Morgan fingerprint density at radius 1 is 1.27 bits per heavy atom. The normalized spacial score (nSPS) is 20.4.